The van der Waals surface area contributed by atoms with E-state index in [1.54, 1.807) is 19.3 Å². The monoisotopic (exact) mass is 633 g/mol. The zero-order valence-electron chi connectivity index (χ0n) is 27.3. The minimum absolute atomic E-state index is 0.272. The molecule has 0 saturated carbocycles. The van der Waals surface area contributed by atoms with Crippen molar-refractivity contribution in [2.75, 3.05) is 6.61 Å². The molecule has 0 aliphatic carbocycles. The fraction of sp³-hybridized carbons (Fsp3) is 0.297. The van der Waals surface area contributed by atoms with Crippen molar-refractivity contribution in [3.05, 3.63) is 89.4 Å². The van der Waals surface area contributed by atoms with Crippen LogP contribution in [0.1, 0.15) is 55.7 Å². The van der Waals surface area contributed by atoms with Crippen molar-refractivity contribution in [3.63, 3.8) is 0 Å². The van der Waals surface area contributed by atoms with Crippen LogP contribution in [0.3, 0.4) is 0 Å². The number of benzene rings is 1. The highest BCUT2D eigenvalue weighted by atomic mass is 19.1. The maximum atomic E-state index is 15.8. The molecule has 1 aliphatic rings. The molecule has 0 spiro atoms. The van der Waals surface area contributed by atoms with Crippen LogP contribution in [-0.2, 0) is 23.0 Å². The number of carboxylic acid groups (broad SMARTS) is 1. The van der Waals surface area contributed by atoms with Gasteiger partial charge in [0.2, 0.25) is 0 Å². The second-order valence-corrected chi connectivity index (χ2v) is 13.1. The number of aryl methyl sites for hydroxylation is 2. The predicted molar refractivity (Wildman–Crippen MR) is 178 cm³/mol. The van der Waals surface area contributed by atoms with E-state index in [9.17, 15) is 9.90 Å². The zero-order valence-corrected chi connectivity index (χ0v) is 27.3. The minimum atomic E-state index is -1.34. The van der Waals surface area contributed by atoms with Gasteiger partial charge in [-0.2, -0.15) is 0 Å². The second kappa shape index (κ2) is 11.3. The third kappa shape index (κ3) is 5.32. The second-order valence-electron chi connectivity index (χ2n) is 13.1. The summed E-state index contributed by atoms with van der Waals surface area (Å²) in [5.41, 5.74) is 7.91. The first-order valence-electron chi connectivity index (χ1n) is 15.7. The van der Waals surface area contributed by atoms with Crippen LogP contribution in [-0.4, -0.2) is 47.2 Å². The lowest BCUT2D eigenvalue weighted by Crippen LogP contribution is -2.28. The van der Waals surface area contributed by atoms with Crippen LogP contribution in [0, 0.1) is 19.7 Å². The number of halogens is 1. The van der Waals surface area contributed by atoms with Crippen molar-refractivity contribution < 1.29 is 23.8 Å². The Morgan fingerprint density at radius 2 is 1.89 bits per heavy atom. The first-order chi connectivity index (χ1) is 22.4. The van der Waals surface area contributed by atoms with Crippen LogP contribution in [0.4, 0.5) is 4.39 Å². The Morgan fingerprint density at radius 3 is 2.66 bits per heavy atom. The summed E-state index contributed by atoms with van der Waals surface area (Å²) in [6.45, 7) is 9.64. The summed E-state index contributed by atoms with van der Waals surface area (Å²) >= 11 is 0. The van der Waals surface area contributed by atoms with Gasteiger partial charge in [0.05, 0.1) is 23.6 Å². The molecule has 0 amide bonds. The number of hydrogen-bond donors (Lipinski definition) is 1. The average Bonchev–Trinajstić information content (AvgIpc) is 3.64. The summed E-state index contributed by atoms with van der Waals surface area (Å²) in [7, 11) is 1.93. The maximum Gasteiger partial charge on any atom is 0.337 e. The molecule has 6 aromatic rings. The fourth-order valence-corrected chi connectivity index (χ4v) is 6.67. The van der Waals surface area contributed by atoms with Gasteiger partial charge in [0.1, 0.15) is 11.3 Å². The summed E-state index contributed by atoms with van der Waals surface area (Å²) in [5.74, 6) is -1.34. The van der Waals surface area contributed by atoms with Gasteiger partial charge >= 0.3 is 5.97 Å². The van der Waals surface area contributed by atoms with E-state index in [1.165, 1.54) is 6.07 Å². The number of pyridine rings is 3. The first kappa shape index (κ1) is 30.6. The van der Waals surface area contributed by atoms with Crippen LogP contribution >= 0.6 is 0 Å². The van der Waals surface area contributed by atoms with E-state index in [4.69, 9.17) is 14.5 Å². The van der Waals surface area contributed by atoms with Gasteiger partial charge in [-0.05, 0) is 95.0 Å². The molecule has 0 saturated heterocycles. The van der Waals surface area contributed by atoms with E-state index in [0.717, 1.165) is 45.7 Å². The molecule has 6 heterocycles. The summed E-state index contributed by atoms with van der Waals surface area (Å²) in [6.07, 6.45) is 7.50. The molecule has 10 heteroatoms. The predicted octanol–water partition coefficient (Wildman–Crippen LogP) is 7.64. The fourth-order valence-electron chi connectivity index (χ4n) is 6.67. The van der Waals surface area contributed by atoms with Crippen molar-refractivity contribution in [1.29, 1.82) is 0 Å². The molecule has 0 bridgehead atoms. The number of carbonyl (C=O) groups is 1. The SMILES string of the molecule is Cc1nc2c(cc(-c3ccnc(-c4ccc5nccn5c4)c3)n2C)c(-c2cc(F)c3c(c2C)CCCO3)c1[C@H](OC(C)(C)C)C(=O)O. The molecule has 9 nitrogen and oxygen atoms in total. The molecule has 0 unspecified atom stereocenters. The summed E-state index contributed by atoms with van der Waals surface area (Å²) in [6, 6.07) is 11.4. The van der Waals surface area contributed by atoms with Gasteiger partial charge in [0.25, 0.3) is 0 Å². The topological polar surface area (TPSA) is 104 Å². The summed E-state index contributed by atoms with van der Waals surface area (Å²) in [5, 5.41) is 11.2. The van der Waals surface area contributed by atoms with E-state index < -0.39 is 23.5 Å². The molecular weight excluding hydrogens is 597 g/mol. The van der Waals surface area contributed by atoms with Gasteiger partial charge in [-0.3, -0.25) is 4.98 Å². The third-order valence-corrected chi connectivity index (χ3v) is 8.81. The Balaban J connectivity index is 1.49. The standard InChI is InChI=1S/C37H36FN5O4/c1-20-24-8-7-15-46-33(24)27(38)17-25(20)32-26-18-29(22-11-12-39-28(16-22)23-9-10-30-40-13-14-43(30)19-23)42(6)35(26)41-21(2)31(32)34(36(44)45)47-37(3,4)5/h9-14,16-19,34H,7-8,15H2,1-6H3,(H,44,45)/t34-/m0/s1. The highest BCUT2D eigenvalue weighted by molar-refractivity contribution is 6.01. The lowest BCUT2D eigenvalue weighted by atomic mass is 9.86. The Kier molecular flexibility index (Phi) is 7.35. The van der Waals surface area contributed by atoms with Crippen molar-refractivity contribution in [1.82, 2.24) is 23.9 Å². The number of fused-ring (bicyclic) bond motifs is 3. The molecular formula is C37H36FN5O4. The zero-order chi connectivity index (χ0) is 33.2. The van der Waals surface area contributed by atoms with E-state index >= 15 is 4.39 Å². The van der Waals surface area contributed by atoms with Gasteiger partial charge in [-0.1, -0.05) is 0 Å². The summed E-state index contributed by atoms with van der Waals surface area (Å²) in [4.78, 5) is 26.8. The molecule has 0 fully saturated rings. The molecule has 5 aromatic heterocycles. The number of hydrogen-bond acceptors (Lipinski definition) is 6. The first-order valence-corrected chi connectivity index (χ1v) is 15.7. The van der Waals surface area contributed by atoms with Crippen LogP contribution in [0.5, 0.6) is 5.75 Å². The Labute approximate surface area is 271 Å². The van der Waals surface area contributed by atoms with Crippen LogP contribution in [0.2, 0.25) is 0 Å². The van der Waals surface area contributed by atoms with Gasteiger partial charge in [-0.15, -0.1) is 0 Å². The molecule has 1 N–H and O–H groups in total. The average molecular weight is 634 g/mol. The lowest BCUT2D eigenvalue weighted by Gasteiger charge is -2.29. The quantitative estimate of drug-likeness (QED) is 0.201. The van der Waals surface area contributed by atoms with Crippen molar-refractivity contribution in [2.45, 2.75) is 59.2 Å². The Bertz CT molecular complexity index is 2210. The normalized spacial score (nSPS) is 13.9. The summed E-state index contributed by atoms with van der Waals surface area (Å²) < 4.78 is 31.7. The van der Waals surface area contributed by atoms with E-state index in [2.05, 4.69) is 9.97 Å². The number of rotatable bonds is 6. The van der Waals surface area contributed by atoms with Crippen molar-refractivity contribution in [2.24, 2.45) is 7.05 Å². The number of nitrogens with zero attached hydrogens (tertiary/aromatic N) is 5. The molecule has 7 rings (SSSR count). The maximum absolute atomic E-state index is 15.8. The number of imidazole rings is 1. The van der Waals surface area contributed by atoms with Crippen LogP contribution < -0.4 is 4.74 Å². The van der Waals surface area contributed by atoms with E-state index in [0.29, 0.717) is 46.4 Å². The molecule has 1 aliphatic heterocycles. The largest absolute Gasteiger partial charge is 0.490 e. The Hall–Kier alpha value is -5.09. The smallest absolute Gasteiger partial charge is 0.337 e. The highest BCUT2D eigenvalue weighted by Crippen LogP contribution is 2.45. The van der Waals surface area contributed by atoms with Crippen molar-refractivity contribution in [3.8, 4) is 39.4 Å². The highest BCUT2D eigenvalue weighted by Gasteiger charge is 2.34. The molecule has 47 heavy (non-hydrogen) atoms. The van der Waals surface area contributed by atoms with Gasteiger partial charge in [-0.25, -0.2) is 19.2 Å². The van der Waals surface area contributed by atoms with E-state index in [-0.39, 0.29) is 5.75 Å². The van der Waals surface area contributed by atoms with E-state index in [1.807, 2.05) is 86.4 Å². The number of ether oxygens (including phenoxy) is 2. The lowest BCUT2D eigenvalue weighted by molar-refractivity contribution is -0.160. The van der Waals surface area contributed by atoms with Gasteiger partial charge in [0, 0.05) is 70.7 Å². The van der Waals surface area contributed by atoms with Crippen LogP contribution in [0.15, 0.2) is 61.2 Å². The van der Waals surface area contributed by atoms with Gasteiger partial charge in [0.15, 0.2) is 17.7 Å². The van der Waals surface area contributed by atoms with Crippen molar-refractivity contribution >= 4 is 22.6 Å². The molecule has 240 valence electrons. The molecule has 1 atom stereocenters. The minimum Gasteiger partial charge on any atom is -0.490 e. The number of aliphatic carboxylic acids is 1. The van der Waals surface area contributed by atoms with Crippen LogP contribution in [0.25, 0.3) is 50.3 Å². The molecule has 0 radical (unpaired) electrons. The number of carboxylic acids is 1. The molecule has 1 aromatic carbocycles. The van der Waals surface area contributed by atoms with Gasteiger partial charge < -0.3 is 23.5 Å². The Morgan fingerprint density at radius 1 is 1.09 bits per heavy atom. The number of aromatic nitrogens is 5. The third-order valence-electron chi connectivity index (χ3n) is 8.81.